The first kappa shape index (κ1) is 17.9. The molecule has 0 saturated carbocycles. The lowest BCUT2D eigenvalue weighted by Gasteiger charge is -2.33. The number of aryl methyl sites for hydroxylation is 4. The highest BCUT2D eigenvalue weighted by atomic mass is 32.2. The zero-order chi connectivity index (χ0) is 18.2. The van der Waals surface area contributed by atoms with Crippen molar-refractivity contribution in [3.8, 4) is 0 Å². The van der Waals surface area contributed by atoms with Crippen LogP contribution in [0.5, 0.6) is 0 Å². The van der Waals surface area contributed by atoms with Crippen LogP contribution in [0.1, 0.15) is 35.4 Å². The summed E-state index contributed by atoms with van der Waals surface area (Å²) in [5.74, 6) is 0. The number of piperidine rings is 1. The Labute approximate surface area is 149 Å². The van der Waals surface area contributed by atoms with Crippen LogP contribution in [0.2, 0.25) is 0 Å². The summed E-state index contributed by atoms with van der Waals surface area (Å²) < 4.78 is 27.6. The van der Waals surface area contributed by atoms with Gasteiger partial charge in [-0.3, -0.25) is 5.10 Å². The zero-order valence-corrected chi connectivity index (χ0v) is 16.1. The predicted molar refractivity (Wildman–Crippen MR) is 99.4 cm³/mol. The maximum absolute atomic E-state index is 13.0. The maximum Gasteiger partial charge on any atom is 0.246 e. The molecule has 1 aromatic carbocycles. The topological polar surface area (TPSA) is 78.1 Å². The molecule has 2 heterocycles. The number of aromatic nitrogens is 2. The van der Waals surface area contributed by atoms with E-state index in [1.54, 1.807) is 18.2 Å². The fourth-order valence-electron chi connectivity index (χ4n) is 3.40. The molecule has 1 aromatic heterocycles. The average molecular weight is 362 g/mol. The number of sulfonamides is 1. The second-order valence-corrected chi connectivity index (χ2v) is 8.78. The van der Waals surface area contributed by atoms with Crippen LogP contribution in [0.3, 0.4) is 0 Å². The Kier molecular flexibility index (Phi) is 4.88. The van der Waals surface area contributed by atoms with Crippen molar-refractivity contribution < 1.29 is 8.42 Å². The monoisotopic (exact) mass is 362 g/mol. The number of benzene rings is 1. The first-order valence-electron chi connectivity index (χ1n) is 8.64. The minimum Gasteiger partial charge on any atom is -0.381 e. The van der Waals surface area contributed by atoms with Crippen LogP contribution >= 0.6 is 0 Å². The number of nitrogens with zero attached hydrogens (tertiary/aromatic N) is 2. The highest BCUT2D eigenvalue weighted by Crippen LogP contribution is 2.26. The van der Waals surface area contributed by atoms with Crippen LogP contribution in [0.25, 0.3) is 0 Å². The third-order valence-corrected chi connectivity index (χ3v) is 7.05. The van der Waals surface area contributed by atoms with E-state index in [-0.39, 0.29) is 6.04 Å². The Bertz CT molecular complexity index is 854. The van der Waals surface area contributed by atoms with Gasteiger partial charge >= 0.3 is 0 Å². The predicted octanol–water partition coefficient (Wildman–Crippen LogP) is 2.91. The van der Waals surface area contributed by atoms with Crippen LogP contribution in [-0.2, 0) is 10.0 Å². The molecule has 1 fully saturated rings. The molecular formula is C18H26N4O2S. The lowest BCUT2D eigenvalue weighted by molar-refractivity contribution is 0.327. The summed E-state index contributed by atoms with van der Waals surface area (Å²) in [4.78, 5) is 0.319. The Hall–Kier alpha value is -1.86. The van der Waals surface area contributed by atoms with Gasteiger partial charge in [-0.15, -0.1) is 0 Å². The Morgan fingerprint density at radius 1 is 1.20 bits per heavy atom. The number of nitrogens with one attached hydrogen (secondary N) is 2. The normalized spacial score (nSPS) is 19.1. The fourth-order valence-corrected chi connectivity index (χ4v) is 5.25. The molecular weight excluding hydrogens is 336 g/mol. The molecule has 3 rings (SSSR count). The zero-order valence-electron chi connectivity index (χ0n) is 15.3. The molecule has 0 unspecified atom stereocenters. The number of H-pyrrole nitrogens is 1. The van der Waals surface area contributed by atoms with Gasteiger partial charge in [-0.2, -0.15) is 9.40 Å². The molecule has 2 aromatic rings. The van der Waals surface area contributed by atoms with Crippen molar-refractivity contribution in [3.63, 3.8) is 0 Å². The Balaban J connectivity index is 1.78. The van der Waals surface area contributed by atoms with Crippen LogP contribution in [0.15, 0.2) is 23.1 Å². The Morgan fingerprint density at radius 2 is 1.96 bits per heavy atom. The van der Waals surface area contributed by atoms with Crippen LogP contribution in [0.4, 0.5) is 5.69 Å². The SMILES string of the molecule is Cc1ccc(N[C@@H]2CCCN(S(=O)(=O)c3c(C)n[nH]c3C)C2)cc1C. The molecule has 136 valence electrons. The summed E-state index contributed by atoms with van der Waals surface area (Å²) in [6.45, 7) is 8.68. The highest BCUT2D eigenvalue weighted by Gasteiger charge is 2.33. The van der Waals surface area contributed by atoms with Gasteiger partial charge in [0.1, 0.15) is 4.90 Å². The lowest BCUT2D eigenvalue weighted by atomic mass is 10.1. The minimum absolute atomic E-state index is 0.109. The molecule has 0 bridgehead atoms. The molecule has 6 nitrogen and oxygen atoms in total. The third kappa shape index (κ3) is 3.57. The summed E-state index contributed by atoms with van der Waals surface area (Å²) in [7, 11) is -3.52. The van der Waals surface area contributed by atoms with Crippen molar-refractivity contribution in [2.24, 2.45) is 0 Å². The molecule has 1 atom stereocenters. The maximum atomic E-state index is 13.0. The van der Waals surface area contributed by atoms with Gasteiger partial charge in [0.2, 0.25) is 10.0 Å². The van der Waals surface area contributed by atoms with E-state index in [4.69, 9.17) is 0 Å². The highest BCUT2D eigenvalue weighted by molar-refractivity contribution is 7.89. The molecule has 0 amide bonds. The summed E-state index contributed by atoms with van der Waals surface area (Å²) in [5.41, 5.74) is 4.66. The molecule has 25 heavy (non-hydrogen) atoms. The van der Waals surface area contributed by atoms with Gasteiger partial charge in [-0.1, -0.05) is 6.07 Å². The van der Waals surface area contributed by atoms with Crippen LogP contribution in [-0.4, -0.2) is 42.1 Å². The van der Waals surface area contributed by atoms with Gasteiger partial charge in [-0.05, 0) is 63.8 Å². The fraction of sp³-hybridized carbons (Fsp3) is 0.500. The molecule has 7 heteroatoms. The number of hydrogen-bond acceptors (Lipinski definition) is 4. The van der Waals surface area contributed by atoms with Crippen LogP contribution < -0.4 is 5.32 Å². The van der Waals surface area contributed by atoms with E-state index in [2.05, 4.69) is 47.6 Å². The van der Waals surface area contributed by atoms with Gasteiger partial charge in [0, 0.05) is 24.8 Å². The molecule has 1 saturated heterocycles. The van der Waals surface area contributed by atoms with E-state index in [1.807, 2.05) is 0 Å². The third-order valence-electron chi connectivity index (χ3n) is 4.92. The van der Waals surface area contributed by atoms with E-state index in [0.29, 0.717) is 29.4 Å². The number of anilines is 1. The van der Waals surface area contributed by atoms with E-state index in [9.17, 15) is 8.42 Å². The number of hydrogen-bond donors (Lipinski definition) is 2. The summed E-state index contributed by atoms with van der Waals surface area (Å²) in [6, 6.07) is 6.37. The van der Waals surface area contributed by atoms with Crippen molar-refractivity contribution in [2.75, 3.05) is 18.4 Å². The van der Waals surface area contributed by atoms with Crippen LogP contribution in [0, 0.1) is 27.7 Å². The van der Waals surface area contributed by atoms with Crippen molar-refractivity contribution in [1.82, 2.24) is 14.5 Å². The van der Waals surface area contributed by atoms with Gasteiger partial charge in [0.15, 0.2) is 0 Å². The molecule has 2 N–H and O–H groups in total. The summed E-state index contributed by atoms with van der Waals surface area (Å²) >= 11 is 0. The standard InChI is InChI=1S/C18H26N4O2S/c1-12-7-8-16(10-13(12)2)19-17-6-5-9-22(11-17)25(23,24)18-14(3)20-21-15(18)4/h7-8,10,17,19H,5-6,9,11H2,1-4H3,(H,20,21)/t17-/m1/s1. The van der Waals surface area contributed by atoms with Crippen molar-refractivity contribution >= 4 is 15.7 Å². The van der Waals surface area contributed by atoms with E-state index in [0.717, 1.165) is 18.5 Å². The summed E-state index contributed by atoms with van der Waals surface area (Å²) in [5, 5.41) is 10.3. The minimum atomic E-state index is -3.52. The van der Waals surface area contributed by atoms with Gasteiger partial charge in [-0.25, -0.2) is 8.42 Å². The Morgan fingerprint density at radius 3 is 2.60 bits per heavy atom. The molecule has 0 spiro atoms. The second kappa shape index (κ2) is 6.80. The first-order valence-corrected chi connectivity index (χ1v) is 10.1. The molecule has 0 aliphatic carbocycles. The summed E-state index contributed by atoms with van der Waals surface area (Å²) in [6.07, 6.45) is 1.81. The largest absolute Gasteiger partial charge is 0.381 e. The molecule has 1 aliphatic rings. The first-order chi connectivity index (χ1) is 11.8. The van der Waals surface area contributed by atoms with Gasteiger partial charge < -0.3 is 5.32 Å². The van der Waals surface area contributed by atoms with Crippen molar-refractivity contribution in [3.05, 3.63) is 40.7 Å². The molecule has 0 radical (unpaired) electrons. The number of aromatic amines is 1. The van der Waals surface area contributed by atoms with Crippen molar-refractivity contribution in [2.45, 2.75) is 51.5 Å². The smallest absolute Gasteiger partial charge is 0.246 e. The van der Waals surface area contributed by atoms with Crippen molar-refractivity contribution in [1.29, 1.82) is 0 Å². The quantitative estimate of drug-likeness (QED) is 0.877. The van der Waals surface area contributed by atoms with E-state index >= 15 is 0 Å². The van der Waals surface area contributed by atoms with E-state index < -0.39 is 10.0 Å². The average Bonchev–Trinajstić information content (AvgIpc) is 2.91. The number of rotatable bonds is 4. The lowest BCUT2D eigenvalue weighted by Crippen LogP contribution is -2.45. The van der Waals surface area contributed by atoms with Gasteiger partial charge in [0.05, 0.1) is 11.4 Å². The second-order valence-electron chi connectivity index (χ2n) is 6.91. The van der Waals surface area contributed by atoms with Gasteiger partial charge in [0.25, 0.3) is 0 Å². The van der Waals surface area contributed by atoms with E-state index in [1.165, 1.54) is 11.1 Å². The molecule has 1 aliphatic heterocycles.